The minimum atomic E-state index is -0.844. The average Bonchev–Trinajstić information content (AvgIpc) is 2.90. The highest BCUT2D eigenvalue weighted by molar-refractivity contribution is 5.91. The zero-order chi connectivity index (χ0) is 15.3. The molecule has 4 nitrogen and oxygen atoms in total. The Morgan fingerprint density at radius 1 is 1.52 bits per heavy atom. The molecule has 0 aromatic heterocycles. The van der Waals surface area contributed by atoms with Crippen LogP contribution in [0.15, 0.2) is 24.3 Å². The van der Waals surface area contributed by atoms with Crippen molar-refractivity contribution in [2.45, 2.75) is 38.7 Å². The zero-order valence-electron chi connectivity index (χ0n) is 12.7. The van der Waals surface area contributed by atoms with Crippen molar-refractivity contribution in [3.63, 3.8) is 0 Å². The fourth-order valence-electron chi connectivity index (χ4n) is 2.45. The van der Waals surface area contributed by atoms with Gasteiger partial charge in [0.05, 0.1) is 12.2 Å². The minimum absolute atomic E-state index is 0.192. The van der Waals surface area contributed by atoms with Gasteiger partial charge in [-0.05, 0) is 42.7 Å². The van der Waals surface area contributed by atoms with Crippen molar-refractivity contribution in [3.8, 4) is 5.75 Å². The summed E-state index contributed by atoms with van der Waals surface area (Å²) in [6.45, 7) is 4.74. The first-order chi connectivity index (χ1) is 10.00. The van der Waals surface area contributed by atoms with Crippen LogP contribution in [0.4, 0.5) is 0 Å². The third-order valence-electron chi connectivity index (χ3n) is 3.57. The molecule has 2 N–H and O–H groups in total. The Labute approximate surface area is 125 Å². The van der Waals surface area contributed by atoms with Crippen LogP contribution in [0.3, 0.4) is 0 Å². The second-order valence-electron chi connectivity index (χ2n) is 5.76. The molecule has 114 valence electrons. The van der Waals surface area contributed by atoms with Crippen molar-refractivity contribution in [1.82, 2.24) is 5.32 Å². The summed E-state index contributed by atoms with van der Waals surface area (Å²) in [6.07, 6.45) is 5.75. The number of carbonyl (C=O) groups excluding carboxylic acids is 1. The lowest BCUT2D eigenvalue weighted by atomic mass is 10.0. The van der Waals surface area contributed by atoms with E-state index in [-0.39, 0.29) is 12.5 Å². The molecule has 1 aromatic rings. The van der Waals surface area contributed by atoms with Crippen LogP contribution < -0.4 is 10.1 Å². The SMILES string of the molecule is CCCC(C)(O)CNC(=O)/C=C/c1ccc2c(c1)CCO2. The Morgan fingerprint density at radius 2 is 2.33 bits per heavy atom. The molecule has 1 aromatic carbocycles. The third-order valence-corrected chi connectivity index (χ3v) is 3.57. The van der Waals surface area contributed by atoms with Gasteiger partial charge < -0.3 is 15.2 Å². The van der Waals surface area contributed by atoms with Crippen molar-refractivity contribution in [2.24, 2.45) is 0 Å². The smallest absolute Gasteiger partial charge is 0.244 e. The highest BCUT2D eigenvalue weighted by atomic mass is 16.5. The van der Waals surface area contributed by atoms with E-state index in [9.17, 15) is 9.90 Å². The predicted molar refractivity (Wildman–Crippen MR) is 83.2 cm³/mol. The van der Waals surface area contributed by atoms with Crippen molar-refractivity contribution in [3.05, 3.63) is 35.4 Å². The lowest BCUT2D eigenvalue weighted by molar-refractivity contribution is -0.117. The number of benzene rings is 1. The fraction of sp³-hybridized carbons (Fsp3) is 0.471. The van der Waals surface area contributed by atoms with Crippen LogP contribution in [0.2, 0.25) is 0 Å². The molecule has 2 rings (SSSR count). The van der Waals surface area contributed by atoms with Crippen LogP contribution in [0, 0.1) is 0 Å². The normalized spacial score (nSPS) is 16.3. The van der Waals surface area contributed by atoms with Gasteiger partial charge in [-0.2, -0.15) is 0 Å². The summed E-state index contributed by atoms with van der Waals surface area (Å²) >= 11 is 0. The molecule has 21 heavy (non-hydrogen) atoms. The molecule has 1 heterocycles. The number of ether oxygens (including phenoxy) is 1. The Hall–Kier alpha value is -1.81. The lowest BCUT2D eigenvalue weighted by Gasteiger charge is -2.22. The average molecular weight is 289 g/mol. The first-order valence-corrected chi connectivity index (χ1v) is 7.44. The fourth-order valence-corrected chi connectivity index (χ4v) is 2.45. The summed E-state index contributed by atoms with van der Waals surface area (Å²) in [5, 5.41) is 12.7. The van der Waals surface area contributed by atoms with Gasteiger partial charge in [0.25, 0.3) is 0 Å². The molecule has 0 saturated carbocycles. The summed E-state index contributed by atoms with van der Waals surface area (Å²) < 4.78 is 5.45. The molecule has 1 aliphatic heterocycles. The number of carbonyl (C=O) groups is 1. The molecule has 1 atom stereocenters. The molecule has 4 heteroatoms. The number of fused-ring (bicyclic) bond motifs is 1. The van der Waals surface area contributed by atoms with Gasteiger partial charge >= 0.3 is 0 Å². The maximum atomic E-state index is 11.8. The van der Waals surface area contributed by atoms with E-state index < -0.39 is 5.60 Å². The molecule has 0 spiro atoms. The van der Waals surface area contributed by atoms with Gasteiger partial charge in [0.1, 0.15) is 5.75 Å². The van der Waals surface area contributed by atoms with Gasteiger partial charge in [-0.3, -0.25) is 4.79 Å². The highest BCUT2D eigenvalue weighted by Gasteiger charge is 2.19. The van der Waals surface area contributed by atoms with Crippen LogP contribution in [0.25, 0.3) is 6.08 Å². The Morgan fingerprint density at radius 3 is 3.10 bits per heavy atom. The van der Waals surface area contributed by atoms with Crippen LogP contribution >= 0.6 is 0 Å². The van der Waals surface area contributed by atoms with Gasteiger partial charge in [0.15, 0.2) is 0 Å². The molecule has 0 aliphatic carbocycles. The Balaban J connectivity index is 1.87. The van der Waals surface area contributed by atoms with Crippen LogP contribution in [0.5, 0.6) is 5.75 Å². The molecule has 1 amide bonds. The summed E-state index contributed by atoms with van der Waals surface area (Å²) in [5.41, 5.74) is 1.32. The second-order valence-corrected chi connectivity index (χ2v) is 5.76. The molecule has 1 aliphatic rings. The van der Waals surface area contributed by atoms with Gasteiger partial charge in [-0.15, -0.1) is 0 Å². The third kappa shape index (κ3) is 4.60. The first-order valence-electron chi connectivity index (χ1n) is 7.44. The number of rotatable bonds is 6. The van der Waals surface area contributed by atoms with E-state index in [1.807, 2.05) is 25.1 Å². The molecular formula is C17H23NO3. The van der Waals surface area contributed by atoms with E-state index in [1.54, 1.807) is 13.0 Å². The Bertz CT molecular complexity index is 535. The highest BCUT2D eigenvalue weighted by Crippen LogP contribution is 2.26. The summed E-state index contributed by atoms with van der Waals surface area (Å²) in [6, 6.07) is 5.91. The molecule has 0 bridgehead atoms. The van der Waals surface area contributed by atoms with Gasteiger partial charge in [0, 0.05) is 19.0 Å². The van der Waals surface area contributed by atoms with Crippen molar-refractivity contribution in [2.75, 3.05) is 13.2 Å². The van der Waals surface area contributed by atoms with Crippen molar-refractivity contribution < 1.29 is 14.6 Å². The predicted octanol–water partition coefficient (Wildman–Crippen LogP) is 2.30. The summed E-state index contributed by atoms with van der Waals surface area (Å²) in [7, 11) is 0. The minimum Gasteiger partial charge on any atom is -0.493 e. The van der Waals surface area contributed by atoms with Crippen LogP contribution in [0.1, 0.15) is 37.8 Å². The maximum Gasteiger partial charge on any atom is 0.244 e. The van der Waals surface area contributed by atoms with E-state index in [2.05, 4.69) is 5.32 Å². The number of aliphatic hydroxyl groups is 1. The standard InChI is InChI=1S/C17H23NO3/c1-3-9-17(2,20)12-18-16(19)7-5-13-4-6-15-14(11-13)8-10-21-15/h4-7,11,20H,3,8-10,12H2,1-2H3,(H,18,19)/b7-5+. The lowest BCUT2D eigenvalue weighted by Crippen LogP contribution is -2.39. The monoisotopic (exact) mass is 289 g/mol. The first kappa shape index (κ1) is 15.6. The summed E-state index contributed by atoms with van der Waals surface area (Å²) in [5.74, 6) is 0.746. The van der Waals surface area contributed by atoms with Crippen LogP contribution in [-0.2, 0) is 11.2 Å². The molecule has 0 radical (unpaired) electrons. The van der Waals surface area contributed by atoms with Crippen LogP contribution in [-0.4, -0.2) is 29.8 Å². The quantitative estimate of drug-likeness (QED) is 0.790. The maximum absolute atomic E-state index is 11.8. The molecule has 0 saturated heterocycles. The van der Waals surface area contributed by atoms with Gasteiger partial charge in [0.2, 0.25) is 5.91 Å². The number of hydrogen-bond donors (Lipinski definition) is 2. The number of amides is 1. The molecule has 0 fully saturated rings. The Kier molecular flexibility index (Phi) is 5.02. The largest absolute Gasteiger partial charge is 0.493 e. The van der Waals surface area contributed by atoms with Crippen molar-refractivity contribution in [1.29, 1.82) is 0 Å². The van der Waals surface area contributed by atoms with Crippen molar-refractivity contribution >= 4 is 12.0 Å². The van der Waals surface area contributed by atoms with Gasteiger partial charge in [-0.1, -0.05) is 19.4 Å². The van der Waals surface area contributed by atoms with E-state index in [0.717, 1.165) is 30.8 Å². The number of nitrogens with one attached hydrogen (secondary N) is 1. The topological polar surface area (TPSA) is 58.6 Å². The van der Waals surface area contributed by atoms with E-state index >= 15 is 0 Å². The van der Waals surface area contributed by atoms with E-state index in [4.69, 9.17) is 4.74 Å². The summed E-state index contributed by atoms with van der Waals surface area (Å²) in [4.78, 5) is 11.8. The molecular weight excluding hydrogens is 266 g/mol. The van der Waals surface area contributed by atoms with Gasteiger partial charge in [-0.25, -0.2) is 0 Å². The zero-order valence-corrected chi connectivity index (χ0v) is 12.7. The van der Waals surface area contributed by atoms with E-state index in [1.165, 1.54) is 11.6 Å². The van der Waals surface area contributed by atoms with E-state index in [0.29, 0.717) is 6.42 Å². The number of hydrogen-bond acceptors (Lipinski definition) is 3. The second kappa shape index (κ2) is 6.76. The molecule has 1 unspecified atom stereocenters.